The van der Waals surface area contributed by atoms with E-state index < -0.39 is 12.0 Å². The second kappa shape index (κ2) is 6.35. The monoisotopic (exact) mass is 286 g/mol. The molecule has 21 heavy (non-hydrogen) atoms. The van der Waals surface area contributed by atoms with Crippen molar-refractivity contribution in [2.75, 3.05) is 7.11 Å². The number of carbonyl (C=O) groups excluding carboxylic acids is 2. The van der Waals surface area contributed by atoms with Gasteiger partial charge >= 0.3 is 5.97 Å². The van der Waals surface area contributed by atoms with Crippen LogP contribution in [0.2, 0.25) is 0 Å². The van der Waals surface area contributed by atoms with Crippen LogP contribution in [0.5, 0.6) is 0 Å². The summed E-state index contributed by atoms with van der Waals surface area (Å²) in [6, 6.07) is 8.28. The first-order valence-electron chi connectivity index (χ1n) is 6.76. The number of aromatic nitrogens is 1. The third-order valence-electron chi connectivity index (χ3n) is 3.27. The molecule has 0 radical (unpaired) electrons. The molecule has 0 aliphatic carbocycles. The highest BCUT2D eigenvalue weighted by Gasteiger charge is 2.25. The maximum Gasteiger partial charge on any atom is 0.328 e. The Balaban J connectivity index is 2.23. The predicted octanol–water partition coefficient (Wildman–Crippen LogP) is 2.16. The van der Waals surface area contributed by atoms with Crippen LogP contribution >= 0.6 is 0 Å². The Bertz CT molecular complexity index is 667. The number of methoxy groups -OCH3 is 1. The van der Waals surface area contributed by atoms with Gasteiger partial charge in [0.2, 0.25) is 0 Å². The van der Waals surface area contributed by atoms with E-state index in [9.17, 15) is 9.59 Å². The fourth-order valence-electron chi connectivity index (χ4n) is 2.07. The lowest BCUT2D eigenvalue weighted by atomic mass is 10.0. The molecule has 5 nitrogen and oxygen atoms in total. The molecular weight excluding hydrogens is 268 g/mol. The molecule has 1 amide bonds. The highest BCUT2D eigenvalue weighted by molar-refractivity contribution is 5.99. The fourth-order valence-corrected chi connectivity index (χ4v) is 2.07. The zero-order valence-electron chi connectivity index (χ0n) is 12.3. The van der Waals surface area contributed by atoms with Gasteiger partial charge in [-0.15, -0.1) is 0 Å². The number of benzene rings is 1. The molecule has 2 rings (SSSR count). The minimum absolute atomic E-state index is 0.0523. The Morgan fingerprint density at radius 2 is 2.00 bits per heavy atom. The minimum Gasteiger partial charge on any atom is -0.467 e. The molecule has 110 valence electrons. The van der Waals surface area contributed by atoms with E-state index in [1.807, 2.05) is 26.0 Å². The first-order chi connectivity index (χ1) is 10.0. The Hall–Kier alpha value is -2.43. The summed E-state index contributed by atoms with van der Waals surface area (Å²) in [6.45, 7) is 3.71. The van der Waals surface area contributed by atoms with Crippen molar-refractivity contribution in [3.05, 3.63) is 42.1 Å². The van der Waals surface area contributed by atoms with E-state index in [0.717, 1.165) is 10.9 Å². The van der Waals surface area contributed by atoms with Gasteiger partial charge < -0.3 is 10.1 Å². The van der Waals surface area contributed by atoms with Crippen molar-refractivity contribution in [1.82, 2.24) is 10.3 Å². The summed E-state index contributed by atoms with van der Waals surface area (Å²) in [7, 11) is 1.31. The topological polar surface area (TPSA) is 68.3 Å². The molecule has 1 N–H and O–H groups in total. The summed E-state index contributed by atoms with van der Waals surface area (Å²) >= 11 is 0. The lowest BCUT2D eigenvalue weighted by molar-refractivity contribution is -0.144. The number of nitrogens with zero attached hydrogens (tertiary/aromatic N) is 1. The number of esters is 1. The van der Waals surface area contributed by atoms with Gasteiger partial charge in [-0.1, -0.05) is 19.9 Å². The van der Waals surface area contributed by atoms with Gasteiger partial charge in [-0.3, -0.25) is 9.78 Å². The summed E-state index contributed by atoms with van der Waals surface area (Å²) < 4.78 is 4.72. The van der Waals surface area contributed by atoms with Gasteiger partial charge in [-0.05, 0) is 30.2 Å². The van der Waals surface area contributed by atoms with Crippen molar-refractivity contribution in [2.24, 2.45) is 5.92 Å². The first kappa shape index (κ1) is 15.0. The van der Waals surface area contributed by atoms with Crippen molar-refractivity contribution < 1.29 is 14.3 Å². The van der Waals surface area contributed by atoms with Crippen molar-refractivity contribution in [2.45, 2.75) is 19.9 Å². The molecule has 1 atom stereocenters. The highest BCUT2D eigenvalue weighted by atomic mass is 16.5. The second-order valence-corrected chi connectivity index (χ2v) is 5.13. The van der Waals surface area contributed by atoms with E-state index in [2.05, 4.69) is 10.3 Å². The molecule has 0 saturated heterocycles. The Morgan fingerprint density at radius 3 is 2.67 bits per heavy atom. The maximum atomic E-state index is 12.3. The predicted molar refractivity (Wildman–Crippen MR) is 79.9 cm³/mol. The average Bonchev–Trinajstić information content (AvgIpc) is 2.50. The van der Waals surface area contributed by atoms with Gasteiger partial charge in [-0.25, -0.2) is 4.79 Å². The van der Waals surface area contributed by atoms with E-state index in [1.165, 1.54) is 7.11 Å². The lowest BCUT2D eigenvalue weighted by Gasteiger charge is -2.19. The number of hydrogen-bond donors (Lipinski definition) is 1. The second-order valence-electron chi connectivity index (χ2n) is 5.13. The minimum atomic E-state index is -0.660. The van der Waals surface area contributed by atoms with Crippen LogP contribution in [0.25, 0.3) is 10.9 Å². The van der Waals surface area contributed by atoms with Crippen LogP contribution in [0, 0.1) is 5.92 Å². The van der Waals surface area contributed by atoms with E-state index in [1.54, 1.807) is 24.4 Å². The first-order valence-corrected chi connectivity index (χ1v) is 6.76. The Kier molecular flexibility index (Phi) is 4.52. The molecule has 0 aliphatic rings. The molecule has 0 saturated carbocycles. The summed E-state index contributed by atoms with van der Waals surface area (Å²) in [5.41, 5.74) is 1.31. The van der Waals surface area contributed by atoms with Gasteiger partial charge in [0.05, 0.1) is 12.6 Å². The number of nitrogens with one attached hydrogen (secondary N) is 1. The number of pyridine rings is 1. The summed E-state index contributed by atoms with van der Waals surface area (Å²) in [5, 5.41) is 3.59. The van der Waals surface area contributed by atoms with Gasteiger partial charge in [0, 0.05) is 17.1 Å². The number of carbonyl (C=O) groups is 2. The number of hydrogen-bond acceptors (Lipinski definition) is 4. The molecule has 5 heteroatoms. The Morgan fingerprint density at radius 1 is 1.24 bits per heavy atom. The van der Waals surface area contributed by atoms with Crippen LogP contribution in [0.1, 0.15) is 24.2 Å². The van der Waals surface area contributed by atoms with Crippen LogP contribution in [0.15, 0.2) is 36.5 Å². The molecule has 1 heterocycles. The number of rotatable bonds is 4. The van der Waals surface area contributed by atoms with Gasteiger partial charge in [0.1, 0.15) is 6.04 Å². The lowest BCUT2D eigenvalue weighted by Crippen LogP contribution is -2.45. The van der Waals surface area contributed by atoms with Gasteiger partial charge in [-0.2, -0.15) is 0 Å². The van der Waals surface area contributed by atoms with E-state index in [4.69, 9.17) is 4.74 Å². The molecule has 0 bridgehead atoms. The molecule has 2 aromatic rings. The van der Waals surface area contributed by atoms with Crippen LogP contribution < -0.4 is 5.32 Å². The van der Waals surface area contributed by atoms with Crippen LogP contribution in [-0.4, -0.2) is 30.0 Å². The normalized spacial score (nSPS) is 12.2. The maximum absolute atomic E-state index is 12.3. The Labute approximate surface area is 123 Å². The summed E-state index contributed by atoms with van der Waals surface area (Å²) in [5.74, 6) is -0.797. The van der Waals surface area contributed by atoms with Crippen LogP contribution in [0.3, 0.4) is 0 Å². The third kappa shape index (κ3) is 3.37. The smallest absolute Gasteiger partial charge is 0.328 e. The number of fused-ring (bicyclic) bond motifs is 1. The van der Waals surface area contributed by atoms with Crippen LogP contribution in [0.4, 0.5) is 0 Å². The van der Waals surface area contributed by atoms with E-state index >= 15 is 0 Å². The summed E-state index contributed by atoms with van der Waals surface area (Å²) in [6.07, 6.45) is 1.70. The van der Waals surface area contributed by atoms with Gasteiger partial charge in [0.15, 0.2) is 0 Å². The summed E-state index contributed by atoms with van der Waals surface area (Å²) in [4.78, 5) is 28.2. The fraction of sp³-hybridized carbons (Fsp3) is 0.312. The largest absolute Gasteiger partial charge is 0.467 e. The quantitative estimate of drug-likeness (QED) is 0.875. The van der Waals surface area contributed by atoms with Crippen molar-refractivity contribution in [3.8, 4) is 0 Å². The molecule has 0 fully saturated rings. The van der Waals surface area contributed by atoms with E-state index in [0.29, 0.717) is 5.56 Å². The average molecular weight is 286 g/mol. The van der Waals surface area contributed by atoms with Gasteiger partial charge in [0.25, 0.3) is 5.91 Å². The SMILES string of the molecule is COC(=O)C(NC(=O)c1ccc2ncccc2c1)C(C)C. The molecular formula is C16H18N2O3. The molecule has 1 aromatic heterocycles. The molecule has 1 unspecified atom stereocenters. The zero-order valence-corrected chi connectivity index (χ0v) is 12.3. The van der Waals surface area contributed by atoms with Crippen LogP contribution in [-0.2, 0) is 9.53 Å². The highest BCUT2D eigenvalue weighted by Crippen LogP contribution is 2.14. The molecule has 0 spiro atoms. The van der Waals surface area contributed by atoms with Crippen molar-refractivity contribution >= 4 is 22.8 Å². The molecule has 0 aliphatic heterocycles. The standard InChI is InChI=1S/C16H18N2O3/c1-10(2)14(16(20)21-3)18-15(19)12-6-7-13-11(9-12)5-4-8-17-13/h4-10,14H,1-3H3,(H,18,19). The third-order valence-corrected chi connectivity index (χ3v) is 3.27. The van der Waals surface area contributed by atoms with E-state index in [-0.39, 0.29) is 11.8 Å². The van der Waals surface area contributed by atoms with Crippen molar-refractivity contribution in [3.63, 3.8) is 0 Å². The number of ether oxygens (including phenoxy) is 1. The number of amides is 1. The zero-order chi connectivity index (χ0) is 15.4. The molecule has 1 aromatic carbocycles. The van der Waals surface area contributed by atoms with Crippen molar-refractivity contribution in [1.29, 1.82) is 0 Å².